The number of benzene rings is 4. The molecule has 35 heavy (non-hydrogen) atoms. The van der Waals surface area contributed by atoms with Crippen LogP contribution >= 0.6 is 0 Å². The van der Waals surface area contributed by atoms with Crippen LogP contribution in [-0.4, -0.2) is 0 Å². The zero-order valence-electron chi connectivity index (χ0n) is 23.1. The second-order valence-electron chi connectivity index (χ2n) is 11.2. The van der Waals surface area contributed by atoms with Gasteiger partial charge in [-0.15, -0.1) is 0 Å². The van der Waals surface area contributed by atoms with Crippen molar-refractivity contribution in [3.63, 3.8) is 0 Å². The molecule has 0 atom stereocenters. The Morgan fingerprint density at radius 2 is 0.629 bits per heavy atom. The van der Waals surface area contributed by atoms with Crippen LogP contribution in [0.25, 0.3) is 11.1 Å². The molecule has 0 spiro atoms. The molecule has 0 unspecified atom stereocenters. The SMILES string of the molecule is Cc1cc2c(cc1C)C(c1cc(C)c(C)c(C)c1)(c1cc(C)c(C)c(C)c1)c1cc(C)c(C)cc1-2. The van der Waals surface area contributed by atoms with Crippen molar-refractivity contribution in [1.82, 2.24) is 0 Å². The smallest absolute Gasteiger partial charge is 0.0542 e. The molecule has 1 aliphatic rings. The summed E-state index contributed by atoms with van der Waals surface area (Å²) < 4.78 is 0. The van der Waals surface area contributed by atoms with Gasteiger partial charge >= 0.3 is 0 Å². The monoisotopic (exact) mass is 458 g/mol. The van der Waals surface area contributed by atoms with E-state index in [9.17, 15) is 0 Å². The van der Waals surface area contributed by atoms with Crippen molar-refractivity contribution in [1.29, 1.82) is 0 Å². The van der Waals surface area contributed by atoms with Gasteiger partial charge in [0, 0.05) is 0 Å². The molecular formula is C35H38. The van der Waals surface area contributed by atoms with E-state index in [1.807, 2.05) is 0 Å². The molecule has 5 rings (SSSR count). The molecule has 0 fully saturated rings. The topological polar surface area (TPSA) is 0 Å². The molecule has 0 aromatic heterocycles. The van der Waals surface area contributed by atoms with Crippen LogP contribution in [0.5, 0.6) is 0 Å². The van der Waals surface area contributed by atoms with E-state index in [1.54, 1.807) is 0 Å². The van der Waals surface area contributed by atoms with Gasteiger partial charge < -0.3 is 0 Å². The number of hydrogen-bond acceptors (Lipinski definition) is 0. The first-order chi connectivity index (χ1) is 16.5. The van der Waals surface area contributed by atoms with Crippen molar-refractivity contribution in [2.45, 2.75) is 74.7 Å². The van der Waals surface area contributed by atoms with Gasteiger partial charge in [0.2, 0.25) is 0 Å². The first kappa shape index (κ1) is 23.6. The van der Waals surface area contributed by atoms with Crippen LogP contribution in [0.15, 0.2) is 48.5 Å². The maximum absolute atomic E-state index is 2.48. The standard InChI is InChI=1S/C35H38/c1-19-15-31-32-16-20(2)22(4)18-34(32)35(33(31)17-21(19)3,29-11-23(5)27(9)24(6)12-29)30-13-25(7)28(10)26(8)14-30/h11-18H,1-10H3. The van der Waals surface area contributed by atoms with Crippen LogP contribution in [0.1, 0.15) is 77.9 Å². The number of aryl methyl sites for hydroxylation is 8. The fraction of sp³-hybridized carbons (Fsp3) is 0.314. The van der Waals surface area contributed by atoms with E-state index >= 15 is 0 Å². The van der Waals surface area contributed by atoms with E-state index in [2.05, 4.69) is 118 Å². The zero-order valence-corrected chi connectivity index (χ0v) is 23.1. The first-order valence-corrected chi connectivity index (χ1v) is 12.9. The summed E-state index contributed by atoms with van der Waals surface area (Å²) in [5.41, 5.74) is 21.7. The Bertz CT molecular complexity index is 1360. The second kappa shape index (κ2) is 7.95. The van der Waals surface area contributed by atoms with Gasteiger partial charge in [-0.3, -0.25) is 0 Å². The molecule has 178 valence electrons. The van der Waals surface area contributed by atoms with Gasteiger partial charge in [-0.05, 0) is 158 Å². The van der Waals surface area contributed by atoms with Gasteiger partial charge in [0.25, 0.3) is 0 Å². The highest BCUT2D eigenvalue weighted by Crippen LogP contribution is 2.57. The molecule has 0 aliphatic heterocycles. The van der Waals surface area contributed by atoms with Crippen molar-refractivity contribution < 1.29 is 0 Å². The van der Waals surface area contributed by atoms with Gasteiger partial charge in [0.1, 0.15) is 0 Å². The quantitative estimate of drug-likeness (QED) is 0.247. The van der Waals surface area contributed by atoms with Crippen LogP contribution in [0, 0.1) is 69.2 Å². The minimum atomic E-state index is -0.339. The molecule has 0 nitrogen and oxygen atoms in total. The van der Waals surface area contributed by atoms with Gasteiger partial charge in [-0.2, -0.15) is 0 Å². The fourth-order valence-corrected chi connectivity index (χ4v) is 6.14. The Hall–Kier alpha value is -3.12. The second-order valence-corrected chi connectivity index (χ2v) is 11.2. The van der Waals surface area contributed by atoms with Crippen LogP contribution < -0.4 is 0 Å². The maximum Gasteiger partial charge on any atom is 0.0714 e. The summed E-state index contributed by atoms with van der Waals surface area (Å²) in [5, 5.41) is 0. The summed E-state index contributed by atoms with van der Waals surface area (Å²) in [6.45, 7) is 22.6. The summed E-state index contributed by atoms with van der Waals surface area (Å²) in [6, 6.07) is 19.6. The van der Waals surface area contributed by atoms with E-state index in [-0.39, 0.29) is 5.41 Å². The minimum absolute atomic E-state index is 0.339. The Morgan fingerprint density at radius 1 is 0.343 bits per heavy atom. The highest BCUT2D eigenvalue weighted by atomic mass is 14.5. The Kier molecular flexibility index (Phi) is 5.37. The number of fused-ring (bicyclic) bond motifs is 3. The molecule has 0 saturated carbocycles. The Balaban J connectivity index is 2.06. The molecule has 0 saturated heterocycles. The molecule has 0 radical (unpaired) electrons. The van der Waals surface area contributed by atoms with Crippen molar-refractivity contribution in [3.8, 4) is 11.1 Å². The summed E-state index contributed by atoms with van der Waals surface area (Å²) in [6.07, 6.45) is 0. The van der Waals surface area contributed by atoms with Crippen LogP contribution in [0.3, 0.4) is 0 Å². The minimum Gasteiger partial charge on any atom is -0.0542 e. The van der Waals surface area contributed by atoms with Gasteiger partial charge in [0.15, 0.2) is 0 Å². The third-order valence-corrected chi connectivity index (χ3v) is 9.09. The van der Waals surface area contributed by atoms with Crippen molar-refractivity contribution in [2.24, 2.45) is 0 Å². The van der Waals surface area contributed by atoms with E-state index < -0.39 is 0 Å². The fourth-order valence-electron chi connectivity index (χ4n) is 6.14. The normalized spacial score (nSPS) is 13.7. The van der Waals surface area contributed by atoms with Gasteiger partial charge in [-0.25, -0.2) is 0 Å². The van der Waals surface area contributed by atoms with E-state index in [1.165, 1.54) is 89.0 Å². The summed E-state index contributed by atoms with van der Waals surface area (Å²) >= 11 is 0. The van der Waals surface area contributed by atoms with Gasteiger partial charge in [0.05, 0.1) is 5.41 Å². The molecule has 1 aliphatic carbocycles. The van der Waals surface area contributed by atoms with Crippen molar-refractivity contribution in [2.75, 3.05) is 0 Å². The highest BCUT2D eigenvalue weighted by Gasteiger charge is 2.47. The molecule has 4 aromatic rings. The molecule has 0 bridgehead atoms. The Morgan fingerprint density at radius 3 is 0.943 bits per heavy atom. The lowest BCUT2D eigenvalue weighted by Gasteiger charge is -2.36. The van der Waals surface area contributed by atoms with Crippen LogP contribution in [-0.2, 0) is 5.41 Å². The third-order valence-electron chi connectivity index (χ3n) is 9.09. The molecule has 4 aromatic carbocycles. The predicted molar refractivity (Wildman–Crippen MR) is 151 cm³/mol. The molecular weight excluding hydrogens is 420 g/mol. The summed E-state index contributed by atoms with van der Waals surface area (Å²) in [5.74, 6) is 0. The number of hydrogen-bond donors (Lipinski definition) is 0. The highest BCUT2D eigenvalue weighted by molar-refractivity contribution is 5.88. The largest absolute Gasteiger partial charge is 0.0714 e. The van der Waals surface area contributed by atoms with Crippen LogP contribution in [0.4, 0.5) is 0 Å². The molecule has 0 heteroatoms. The molecule has 0 heterocycles. The summed E-state index contributed by atoms with van der Waals surface area (Å²) in [7, 11) is 0. The maximum atomic E-state index is 2.48. The molecule has 0 amide bonds. The van der Waals surface area contributed by atoms with E-state index in [0.717, 1.165) is 0 Å². The average molecular weight is 459 g/mol. The predicted octanol–water partition coefficient (Wildman–Crippen LogP) is 9.13. The van der Waals surface area contributed by atoms with Crippen molar-refractivity contribution in [3.05, 3.63) is 126 Å². The lowest BCUT2D eigenvalue weighted by Crippen LogP contribution is -2.30. The lowest BCUT2D eigenvalue weighted by atomic mass is 9.65. The lowest BCUT2D eigenvalue weighted by molar-refractivity contribution is 0.759. The van der Waals surface area contributed by atoms with Gasteiger partial charge in [-0.1, -0.05) is 48.5 Å². The van der Waals surface area contributed by atoms with Crippen molar-refractivity contribution >= 4 is 0 Å². The first-order valence-electron chi connectivity index (χ1n) is 12.9. The average Bonchev–Trinajstić information content (AvgIpc) is 3.05. The van der Waals surface area contributed by atoms with E-state index in [0.29, 0.717) is 0 Å². The third kappa shape index (κ3) is 3.26. The molecule has 0 N–H and O–H groups in total. The zero-order chi connectivity index (χ0) is 25.4. The number of rotatable bonds is 2. The summed E-state index contributed by atoms with van der Waals surface area (Å²) in [4.78, 5) is 0. The van der Waals surface area contributed by atoms with E-state index in [4.69, 9.17) is 0 Å². The Labute approximate surface area is 212 Å². The van der Waals surface area contributed by atoms with Crippen LogP contribution in [0.2, 0.25) is 0 Å².